The highest BCUT2D eigenvalue weighted by molar-refractivity contribution is 5.98. The molecule has 2 heterocycles. The number of carbonyl (C=O) groups excluding carboxylic acids is 1. The number of ether oxygens (including phenoxy) is 1. The first-order valence-electron chi connectivity index (χ1n) is 10.5. The number of carboxylic acids is 1. The quantitative estimate of drug-likeness (QED) is 0.563. The van der Waals surface area contributed by atoms with E-state index in [1.54, 1.807) is 6.92 Å². The fraction of sp³-hybridized carbons (Fsp3) is 0.391. The van der Waals surface area contributed by atoms with Gasteiger partial charge < -0.3 is 9.84 Å². The molecule has 168 valence electrons. The zero-order chi connectivity index (χ0) is 22.9. The van der Waals surface area contributed by atoms with Crippen LogP contribution in [-0.2, 0) is 16.1 Å². The van der Waals surface area contributed by atoms with Crippen LogP contribution in [0.5, 0.6) is 0 Å². The normalized spacial score (nSPS) is 20.4. The maximum Gasteiger partial charge on any atom is 0.328 e. The summed E-state index contributed by atoms with van der Waals surface area (Å²) >= 11 is 0. The van der Waals surface area contributed by atoms with Gasteiger partial charge in [0, 0.05) is 49.7 Å². The number of aryl methyl sites for hydroxylation is 1. The topological polar surface area (TPSA) is 113 Å². The molecule has 1 N–H and O–H groups in total. The van der Waals surface area contributed by atoms with E-state index in [1.807, 2.05) is 18.2 Å². The van der Waals surface area contributed by atoms with Crippen molar-refractivity contribution in [3.63, 3.8) is 0 Å². The number of piperidine rings is 1. The molecule has 1 atom stereocenters. The van der Waals surface area contributed by atoms with Crippen LogP contribution in [0, 0.1) is 17.0 Å². The molecule has 9 nitrogen and oxygen atoms in total. The van der Waals surface area contributed by atoms with Crippen molar-refractivity contribution in [3.8, 4) is 0 Å². The predicted octanol–water partition coefficient (Wildman–Crippen LogP) is 2.82. The van der Waals surface area contributed by atoms with E-state index in [2.05, 4.69) is 17.0 Å². The van der Waals surface area contributed by atoms with Crippen LogP contribution in [0.4, 0.5) is 5.69 Å². The Hall–Kier alpha value is -3.30. The Morgan fingerprint density at radius 2 is 1.88 bits per heavy atom. The molecule has 1 spiro atoms. The highest BCUT2D eigenvalue weighted by atomic mass is 16.6. The molecule has 2 aliphatic rings. The van der Waals surface area contributed by atoms with Crippen molar-refractivity contribution in [2.45, 2.75) is 38.1 Å². The molecule has 0 saturated carbocycles. The number of nitro groups is 1. The van der Waals surface area contributed by atoms with E-state index >= 15 is 0 Å². The summed E-state index contributed by atoms with van der Waals surface area (Å²) in [6, 6.07) is 13.1. The minimum Gasteiger partial charge on any atom is -0.480 e. The molecular weight excluding hydrogens is 414 g/mol. The van der Waals surface area contributed by atoms with Gasteiger partial charge in [-0.25, -0.2) is 4.79 Å². The Labute approximate surface area is 185 Å². The molecule has 1 amide bonds. The van der Waals surface area contributed by atoms with Crippen LogP contribution in [0.3, 0.4) is 0 Å². The van der Waals surface area contributed by atoms with Crippen LogP contribution in [-0.4, -0.2) is 63.2 Å². The van der Waals surface area contributed by atoms with Crippen LogP contribution in [0.25, 0.3) is 0 Å². The summed E-state index contributed by atoms with van der Waals surface area (Å²) in [6.45, 7) is 3.53. The smallest absolute Gasteiger partial charge is 0.328 e. The van der Waals surface area contributed by atoms with Crippen LogP contribution < -0.4 is 0 Å². The summed E-state index contributed by atoms with van der Waals surface area (Å²) in [5, 5.41) is 21.1. The summed E-state index contributed by atoms with van der Waals surface area (Å²) in [6.07, 6.45) is 0.923. The lowest BCUT2D eigenvalue weighted by Gasteiger charge is -2.44. The molecule has 2 saturated heterocycles. The molecule has 2 fully saturated rings. The second-order valence-corrected chi connectivity index (χ2v) is 8.31. The number of aliphatic carboxylic acids is 1. The Balaban J connectivity index is 1.57. The number of rotatable bonds is 5. The molecule has 0 aromatic heterocycles. The van der Waals surface area contributed by atoms with Crippen molar-refractivity contribution >= 4 is 17.6 Å². The fourth-order valence-electron chi connectivity index (χ4n) is 4.54. The van der Waals surface area contributed by atoms with E-state index in [1.165, 1.54) is 28.7 Å². The van der Waals surface area contributed by atoms with Crippen molar-refractivity contribution in [2.24, 2.45) is 0 Å². The standard InChI is InChI=1S/C23H25N3O6/c1-16-7-8-18(13-19(16)26(30)31)21(27)25-20(22(28)29)15-32-23(25)9-11-24(12-10-23)14-17-5-3-2-4-6-17/h2-8,13,20H,9-12,14-15H2,1H3,(H,28,29)/t20-/m1/s1. The van der Waals surface area contributed by atoms with E-state index in [9.17, 15) is 24.8 Å². The molecular formula is C23H25N3O6. The number of nitro benzene ring substituents is 1. The van der Waals surface area contributed by atoms with Gasteiger partial charge in [-0.2, -0.15) is 0 Å². The summed E-state index contributed by atoms with van der Waals surface area (Å²) in [7, 11) is 0. The second kappa shape index (κ2) is 8.68. The molecule has 0 bridgehead atoms. The number of carbonyl (C=O) groups is 2. The molecule has 9 heteroatoms. The van der Waals surface area contributed by atoms with Gasteiger partial charge in [-0.15, -0.1) is 0 Å². The molecule has 4 rings (SSSR count). The largest absolute Gasteiger partial charge is 0.480 e. The fourth-order valence-corrected chi connectivity index (χ4v) is 4.54. The van der Waals surface area contributed by atoms with Crippen molar-refractivity contribution in [1.29, 1.82) is 0 Å². The maximum atomic E-state index is 13.4. The molecule has 2 aliphatic heterocycles. The summed E-state index contributed by atoms with van der Waals surface area (Å²) in [4.78, 5) is 39.7. The Bertz CT molecular complexity index is 1030. The minimum absolute atomic E-state index is 0.0881. The van der Waals surface area contributed by atoms with E-state index in [4.69, 9.17) is 4.74 Å². The van der Waals surface area contributed by atoms with Gasteiger partial charge in [0.2, 0.25) is 0 Å². The number of amides is 1. The van der Waals surface area contributed by atoms with Crippen molar-refractivity contribution in [3.05, 3.63) is 75.3 Å². The van der Waals surface area contributed by atoms with Crippen LogP contribution in [0.1, 0.15) is 34.3 Å². The highest BCUT2D eigenvalue weighted by Crippen LogP contribution is 2.39. The molecule has 0 aliphatic carbocycles. The van der Waals surface area contributed by atoms with E-state index < -0.39 is 28.6 Å². The molecule has 32 heavy (non-hydrogen) atoms. The Morgan fingerprint density at radius 3 is 2.50 bits per heavy atom. The van der Waals surface area contributed by atoms with Crippen LogP contribution >= 0.6 is 0 Å². The van der Waals surface area contributed by atoms with Crippen molar-refractivity contribution < 1.29 is 24.4 Å². The van der Waals surface area contributed by atoms with Gasteiger partial charge in [0.1, 0.15) is 5.72 Å². The number of hydrogen-bond acceptors (Lipinski definition) is 6. The highest BCUT2D eigenvalue weighted by Gasteiger charge is 2.54. The molecule has 2 aromatic rings. The predicted molar refractivity (Wildman–Crippen MR) is 115 cm³/mol. The van der Waals surface area contributed by atoms with Crippen LogP contribution in [0.2, 0.25) is 0 Å². The third-order valence-corrected chi connectivity index (χ3v) is 6.30. The monoisotopic (exact) mass is 439 g/mol. The number of nitrogens with zero attached hydrogens (tertiary/aromatic N) is 3. The summed E-state index contributed by atoms with van der Waals surface area (Å²) < 4.78 is 5.97. The first kappa shape index (κ1) is 21.9. The Morgan fingerprint density at radius 1 is 1.19 bits per heavy atom. The van der Waals surface area contributed by atoms with Gasteiger partial charge in [0.25, 0.3) is 11.6 Å². The average Bonchev–Trinajstić information content (AvgIpc) is 3.15. The summed E-state index contributed by atoms with van der Waals surface area (Å²) in [5.74, 6) is -1.71. The number of hydrogen-bond donors (Lipinski definition) is 1. The second-order valence-electron chi connectivity index (χ2n) is 8.31. The van der Waals surface area contributed by atoms with E-state index in [0.717, 1.165) is 6.54 Å². The van der Waals surface area contributed by atoms with Gasteiger partial charge in [0.15, 0.2) is 6.04 Å². The Kier molecular flexibility index (Phi) is 5.94. The van der Waals surface area contributed by atoms with Gasteiger partial charge in [-0.3, -0.25) is 24.7 Å². The third-order valence-electron chi connectivity index (χ3n) is 6.30. The SMILES string of the molecule is Cc1ccc(C(=O)N2[C@@H](C(=O)O)COC23CCN(Cc2ccccc2)CC3)cc1[N+](=O)[O-]. The molecule has 0 unspecified atom stereocenters. The van der Waals surface area contributed by atoms with E-state index in [0.29, 0.717) is 31.5 Å². The average molecular weight is 439 g/mol. The first-order chi connectivity index (χ1) is 15.3. The molecule has 2 aromatic carbocycles. The van der Waals surface area contributed by atoms with Gasteiger partial charge >= 0.3 is 5.97 Å². The lowest BCUT2D eigenvalue weighted by Crippen LogP contribution is -2.58. The lowest BCUT2D eigenvalue weighted by molar-refractivity contribution is -0.385. The minimum atomic E-state index is -1.15. The summed E-state index contributed by atoms with van der Waals surface area (Å²) in [5.41, 5.74) is 0.495. The van der Waals surface area contributed by atoms with Gasteiger partial charge in [-0.05, 0) is 18.6 Å². The maximum absolute atomic E-state index is 13.4. The van der Waals surface area contributed by atoms with E-state index in [-0.39, 0.29) is 17.9 Å². The zero-order valence-corrected chi connectivity index (χ0v) is 17.8. The third kappa shape index (κ3) is 4.09. The number of likely N-dealkylation sites (tertiary alicyclic amines) is 1. The zero-order valence-electron chi connectivity index (χ0n) is 17.8. The van der Waals surface area contributed by atoms with Crippen molar-refractivity contribution in [1.82, 2.24) is 9.80 Å². The number of carboxylic acid groups (broad SMARTS) is 1. The first-order valence-corrected chi connectivity index (χ1v) is 10.5. The van der Waals surface area contributed by atoms with Gasteiger partial charge in [-0.1, -0.05) is 36.4 Å². The van der Waals surface area contributed by atoms with Crippen molar-refractivity contribution in [2.75, 3.05) is 19.7 Å². The molecule has 0 radical (unpaired) electrons. The number of benzene rings is 2. The lowest BCUT2D eigenvalue weighted by atomic mass is 9.96. The van der Waals surface area contributed by atoms with Crippen LogP contribution in [0.15, 0.2) is 48.5 Å². The van der Waals surface area contributed by atoms with Gasteiger partial charge in [0.05, 0.1) is 11.5 Å².